The Bertz CT molecular complexity index is 790. The average molecular weight is 399 g/mol. The number of halogens is 1. The molecular formula is C19H27ClN2O3S. The van der Waals surface area contributed by atoms with Gasteiger partial charge in [-0.2, -0.15) is 4.31 Å². The van der Waals surface area contributed by atoms with Gasteiger partial charge in [0.15, 0.2) is 0 Å². The van der Waals surface area contributed by atoms with Crippen molar-refractivity contribution in [1.82, 2.24) is 9.62 Å². The summed E-state index contributed by atoms with van der Waals surface area (Å²) in [5.41, 5.74) is -0.526. The van der Waals surface area contributed by atoms with Crippen LogP contribution in [0.3, 0.4) is 0 Å². The zero-order valence-corrected chi connectivity index (χ0v) is 17.0. The van der Waals surface area contributed by atoms with Crippen molar-refractivity contribution < 1.29 is 13.2 Å². The van der Waals surface area contributed by atoms with E-state index in [1.165, 1.54) is 10.7 Å². The number of sulfonamides is 1. The van der Waals surface area contributed by atoms with Crippen molar-refractivity contribution in [3.8, 4) is 0 Å². The van der Waals surface area contributed by atoms with Crippen molar-refractivity contribution in [1.29, 1.82) is 0 Å². The van der Waals surface area contributed by atoms with Crippen LogP contribution < -0.4 is 5.32 Å². The van der Waals surface area contributed by atoms with E-state index in [2.05, 4.69) is 5.32 Å². The molecular weight excluding hydrogens is 372 g/mol. The molecule has 2 aliphatic rings. The van der Waals surface area contributed by atoms with E-state index in [4.69, 9.17) is 11.6 Å². The lowest BCUT2D eigenvalue weighted by Gasteiger charge is -2.35. The van der Waals surface area contributed by atoms with E-state index in [-0.39, 0.29) is 16.8 Å². The summed E-state index contributed by atoms with van der Waals surface area (Å²) >= 11 is 6.13. The molecule has 1 aliphatic carbocycles. The van der Waals surface area contributed by atoms with Crippen molar-refractivity contribution in [3.63, 3.8) is 0 Å². The van der Waals surface area contributed by atoms with E-state index in [1.54, 1.807) is 32.0 Å². The summed E-state index contributed by atoms with van der Waals surface area (Å²) in [7, 11) is -3.80. The van der Waals surface area contributed by atoms with Crippen LogP contribution in [0.2, 0.25) is 5.02 Å². The summed E-state index contributed by atoms with van der Waals surface area (Å²) in [4.78, 5) is 13.2. The summed E-state index contributed by atoms with van der Waals surface area (Å²) in [5.74, 6) is -0.176. The molecule has 1 aromatic carbocycles. The number of carbonyl (C=O) groups excluding carboxylic acids is 1. The molecule has 1 aliphatic heterocycles. The maximum absolute atomic E-state index is 13.3. The Morgan fingerprint density at radius 2 is 1.92 bits per heavy atom. The smallest absolute Gasteiger partial charge is 0.244 e. The van der Waals surface area contributed by atoms with Crippen LogP contribution in [0, 0.1) is 6.92 Å². The van der Waals surface area contributed by atoms with Crippen LogP contribution >= 0.6 is 11.6 Å². The fourth-order valence-corrected chi connectivity index (χ4v) is 6.41. The minimum Gasteiger partial charge on any atom is -0.352 e. The molecule has 1 saturated carbocycles. The first-order chi connectivity index (χ1) is 12.3. The first-order valence-corrected chi connectivity index (χ1v) is 11.2. The van der Waals surface area contributed by atoms with Gasteiger partial charge in [-0.05, 0) is 57.2 Å². The summed E-state index contributed by atoms with van der Waals surface area (Å²) in [6.07, 6.45) is 6.59. The topological polar surface area (TPSA) is 66.5 Å². The summed E-state index contributed by atoms with van der Waals surface area (Å²) in [6.45, 7) is 3.79. The molecule has 0 unspecified atom stereocenters. The predicted molar refractivity (Wildman–Crippen MR) is 103 cm³/mol. The highest BCUT2D eigenvalue weighted by Gasteiger charge is 2.50. The lowest BCUT2D eigenvalue weighted by Crippen LogP contribution is -2.57. The van der Waals surface area contributed by atoms with Gasteiger partial charge in [0, 0.05) is 17.6 Å². The van der Waals surface area contributed by atoms with Crippen LogP contribution in [0.15, 0.2) is 23.1 Å². The third kappa shape index (κ3) is 3.51. The van der Waals surface area contributed by atoms with Crippen LogP contribution in [0.1, 0.15) is 57.4 Å². The fourth-order valence-electron chi connectivity index (χ4n) is 4.12. The van der Waals surface area contributed by atoms with Crippen LogP contribution in [0.4, 0.5) is 0 Å². The highest BCUT2D eigenvalue weighted by atomic mass is 35.5. The average Bonchev–Trinajstić information content (AvgIpc) is 3.02. The molecule has 1 atom stereocenters. The SMILES string of the molecule is Cc1c(Cl)cccc1S(=O)(=O)N1CCC[C@]1(C)C(=O)NC1CCCCC1. The molecule has 0 radical (unpaired) electrons. The Balaban J connectivity index is 1.88. The van der Waals surface area contributed by atoms with Crippen molar-refractivity contribution >= 4 is 27.5 Å². The van der Waals surface area contributed by atoms with E-state index in [0.29, 0.717) is 30.0 Å². The lowest BCUT2D eigenvalue weighted by atomic mass is 9.93. The second-order valence-electron chi connectivity index (χ2n) is 7.63. The number of hydrogen-bond acceptors (Lipinski definition) is 3. The Morgan fingerprint density at radius 1 is 1.23 bits per heavy atom. The molecule has 5 nitrogen and oxygen atoms in total. The third-order valence-electron chi connectivity index (χ3n) is 5.79. The summed E-state index contributed by atoms with van der Waals surface area (Å²) in [6, 6.07) is 5.03. The molecule has 1 N–H and O–H groups in total. The van der Waals surface area contributed by atoms with Gasteiger partial charge in [-0.1, -0.05) is 36.9 Å². The minimum absolute atomic E-state index is 0.158. The van der Waals surface area contributed by atoms with E-state index in [9.17, 15) is 13.2 Å². The number of carbonyl (C=O) groups is 1. The standard InChI is InChI=1S/C19H27ClN2O3S/c1-14-16(20)10-6-11-17(14)26(24,25)22-13-7-12-19(22,2)18(23)21-15-8-4-3-5-9-15/h6,10-11,15H,3-5,7-9,12-13H2,1-2H3,(H,21,23)/t19-/m1/s1. The van der Waals surface area contributed by atoms with Crippen LogP contribution in [-0.2, 0) is 14.8 Å². The largest absolute Gasteiger partial charge is 0.352 e. The maximum atomic E-state index is 13.3. The molecule has 144 valence electrons. The van der Waals surface area contributed by atoms with Gasteiger partial charge in [0.2, 0.25) is 15.9 Å². The predicted octanol–water partition coefficient (Wildman–Crippen LogP) is 3.64. The van der Waals surface area contributed by atoms with Crippen molar-refractivity contribution in [2.75, 3.05) is 6.54 Å². The van der Waals surface area contributed by atoms with Gasteiger partial charge in [-0.15, -0.1) is 0 Å². The first-order valence-electron chi connectivity index (χ1n) is 9.36. The third-order valence-corrected chi connectivity index (χ3v) is 8.36. The van der Waals surface area contributed by atoms with Crippen LogP contribution in [0.25, 0.3) is 0 Å². The highest BCUT2D eigenvalue weighted by molar-refractivity contribution is 7.89. The number of nitrogens with one attached hydrogen (secondary N) is 1. The molecule has 1 heterocycles. The van der Waals surface area contributed by atoms with Gasteiger partial charge >= 0.3 is 0 Å². The van der Waals surface area contributed by atoms with E-state index >= 15 is 0 Å². The van der Waals surface area contributed by atoms with Gasteiger partial charge in [0.05, 0.1) is 4.90 Å². The second kappa shape index (κ2) is 7.49. The van der Waals surface area contributed by atoms with Gasteiger partial charge in [-0.25, -0.2) is 8.42 Å². The molecule has 26 heavy (non-hydrogen) atoms. The molecule has 2 fully saturated rings. The monoisotopic (exact) mass is 398 g/mol. The van der Waals surface area contributed by atoms with E-state index in [1.807, 2.05) is 0 Å². The Labute approximate surface area is 161 Å². The molecule has 7 heteroatoms. The van der Waals surface area contributed by atoms with Crippen molar-refractivity contribution in [2.24, 2.45) is 0 Å². The number of nitrogens with zero attached hydrogens (tertiary/aromatic N) is 1. The molecule has 1 aromatic rings. The zero-order valence-electron chi connectivity index (χ0n) is 15.4. The Morgan fingerprint density at radius 3 is 2.62 bits per heavy atom. The van der Waals surface area contributed by atoms with E-state index < -0.39 is 15.6 Å². The number of rotatable bonds is 4. The molecule has 1 amide bonds. The van der Waals surface area contributed by atoms with Gasteiger partial charge < -0.3 is 5.32 Å². The normalized spacial score (nSPS) is 25.3. The highest BCUT2D eigenvalue weighted by Crippen LogP contribution is 2.37. The molecule has 0 aromatic heterocycles. The molecule has 1 saturated heterocycles. The second-order valence-corrected chi connectivity index (χ2v) is 9.86. The Hall–Kier alpha value is -1.11. The van der Waals surface area contributed by atoms with E-state index in [0.717, 1.165) is 25.7 Å². The number of amides is 1. The van der Waals surface area contributed by atoms with Crippen molar-refractivity contribution in [3.05, 3.63) is 28.8 Å². The zero-order chi connectivity index (χ0) is 18.9. The van der Waals surface area contributed by atoms with Gasteiger partial charge in [0.25, 0.3) is 0 Å². The maximum Gasteiger partial charge on any atom is 0.244 e. The van der Waals surface area contributed by atoms with Crippen LogP contribution in [0.5, 0.6) is 0 Å². The quantitative estimate of drug-likeness (QED) is 0.841. The summed E-state index contributed by atoms with van der Waals surface area (Å²) < 4.78 is 28.0. The molecule has 3 rings (SSSR count). The molecule has 0 spiro atoms. The van der Waals surface area contributed by atoms with Gasteiger partial charge in [-0.3, -0.25) is 4.79 Å². The number of benzene rings is 1. The molecule has 0 bridgehead atoms. The fraction of sp³-hybridized carbons (Fsp3) is 0.632. The number of hydrogen-bond donors (Lipinski definition) is 1. The van der Waals surface area contributed by atoms with Gasteiger partial charge in [0.1, 0.15) is 5.54 Å². The van der Waals surface area contributed by atoms with Crippen molar-refractivity contribution in [2.45, 2.75) is 75.3 Å². The minimum atomic E-state index is -3.80. The Kier molecular flexibility index (Phi) is 5.66. The first kappa shape index (κ1) is 19.6. The summed E-state index contributed by atoms with van der Waals surface area (Å²) in [5, 5.41) is 3.53. The van der Waals surface area contributed by atoms with Crippen LogP contribution in [-0.4, -0.2) is 36.8 Å². The lowest BCUT2D eigenvalue weighted by molar-refractivity contribution is -0.129.